The van der Waals surface area contributed by atoms with Gasteiger partial charge in [-0.2, -0.15) is 0 Å². The molecule has 2 aromatic heterocycles. The molecule has 0 bridgehead atoms. The molecule has 2 aliphatic rings. The van der Waals surface area contributed by atoms with E-state index in [9.17, 15) is 9.18 Å². The van der Waals surface area contributed by atoms with E-state index in [1.165, 1.54) is 18.4 Å². The summed E-state index contributed by atoms with van der Waals surface area (Å²) < 4.78 is 30.1. The molecule has 31 heavy (non-hydrogen) atoms. The topological polar surface area (TPSA) is 72.0 Å². The van der Waals surface area contributed by atoms with Gasteiger partial charge in [0.1, 0.15) is 11.5 Å². The van der Waals surface area contributed by atoms with Gasteiger partial charge in [0.25, 0.3) is 5.91 Å². The number of halogens is 1. The zero-order valence-electron chi connectivity index (χ0n) is 17.1. The second kappa shape index (κ2) is 8.55. The minimum Gasteiger partial charge on any atom is -0.459 e. The molecule has 0 unspecified atom stereocenters. The molecule has 1 aliphatic carbocycles. The van der Waals surface area contributed by atoms with Crippen molar-refractivity contribution in [2.75, 3.05) is 37.7 Å². The van der Waals surface area contributed by atoms with Gasteiger partial charge in [0, 0.05) is 25.2 Å². The number of benzene rings is 1. The van der Waals surface area contributed by atoms with Crippen LogP contribution in [0.3, 0.4) is 0 Å². The molecule has 7 nitrogen and oxygen atoms in total. The molecule has 1 aromatic carbocycles. The van der Waals surface area contributed by atoms with Gasteiger partial charge >= 0.3 is 0 Å². The van der Waals surface area contributed by atoms with E-state index in [2.05, 4.69) is 10.1 Å². The first-order valence-corrected chi connectivity index (χ1v) is 10.6. The second-order valence-corrected chi connectivity index (χ2v) is 8.03. The Morgan fingerprint density at radius 2 is 1.94 bits per heavy atom. The summed E-state index contributed by atoms with van der Waals surface area (Å²) in [6, 6.07) is 9.56. The van der Waals surface area contributed by atoms with E-state index in [4.69, 9.17) is 13.7 Å². The summed E-state index contributed by atoms with van der Waals surface area (Å²) in [6.07, 6.45) is 3.74. The van der Waals surface area contributed by atoms with E-state index in [0.29, 0.717) is 62.6 Å². The Morgan fingerprint density at radius 3 is 2.61 bits per heavy atom. The predicted molar refractivity (Wildman–Crippen MR) is 111 cm³/mol. The van der Waals surface area contributed by atoms with Crippen LogP contribution in [0.5, 0.6) is 0 Å². The highest BCUT2D eigenvalue weighted by Gasteiger charge is 2.32. The predicted octanol–water partition coefficient (Wildman–Crippen LogP) is 3.96. The van der Waals surface area contributed by atoms with Gasteiger partial charge < -0.3 is 23.5 Å². The van der Waals surface area contributed by atoms with Crippen molar-refractivity contribution in [2.45, 2.75) is 19.4 Å². The first kappa shape index (κ1) is 19.8. The third-order valence-corrected chi connectivity index (χ3v) is 5.73. The number of amides is 1. The number of carbonyl (C=O) groups is 1. The summed E-state index contributed by atoms with van der Waals surface area (Å²) in [7, 11) is 0. The third-order valence-electron chi connectivity index (χ3n) is 5.73. The molecule has 0 spiro atoms. The van der Waals surface area contributed by atoms with Crippen molar-refractivity contribution in [2.24, 2.45) is 5.92 Å². The van der Waals surface area contributed by atoms with Crippen LogP contribution in [0.2, 0.25) is 0 Å². The molecule has 162 valence electrons. The summed E-state index contributed by atoms with van der Waals surface area (Å²) in [5, 5.41) is 4.32. The summed E-state index contributed by atoms with van der Waals surface area (Å²) in [5.41, 5.74) is 2.18. The molecule has 5 rings (SSSR count). The maximum Gasteiger partial charge on any atom is 0.289 e. The van der Waals surface area contributed by atoms with Crippen LogP contribution in [0.25, 0.3) is 11.3 Å². The number of hydrogen-bond donors (Lipinski definition) is 0. The van der Waals surface area contributed by atoms with Crippen LogP contribution in [0, 0.1) is 11.7 Å². The standard InChI is InChI=1S/C23H24FN3O4/c24-18-7-5-17(6-8-18)21-19(23(31-25-21)26-9-12-29-13-10-26)15-27(14-16-3-4-16)22(28)20-2-1-11-30-20/h1-2,5-8,11,16H,3-4,9-10,12-15H2. The highest BCUT2D eigenvalue weighted by Crippen LogP contribution is 2.35. The molecule has 2 fully saturated rings. The maximum atomic E-state index is 13.5. The summed E-state index contributed by atoms with van der Waals surface area (Å²) in [4.78, 5) is 17.1. The molecule has 3 heterocycles. The first-order valence-electron chi connectivity index (χ1n) is 10.6. The number of carbonyl (C=O) groups excluding carboxylic acids is 1. The Balaban J connectivity index is 1.51. The number of aromatic nitrogens is 1. The van der Waals surface area contributed by atoms with Gasteiger partial charge in [-0.15, -0.1) is 0 Å². The van der Waals surface area contributed by atoms with Crippen LogP contribution in [0.4, 0.5) is 10.3 Å². The molecular formula is C23H24FN3O4. The SMILES string of the molecule is O=C(c1ccco1)N(Cc1c(-c2ccc(F)cc2)noc1N1CCOCC1)CC1CC1. The van der Waals surface area contributed by atoms with E-state index in [0.717, 1.165) is 24.0 Å². The van der Waals surface area contributed by atoms with Crippen molar-refractivity contribution in [1.29, 1.82) is 0 Å². The number of furan rings is 1. The first-order chi connectivity index (χ1) is 15.2. The number of ether oxygens (including phenoxy) is 1. The molecule has 1 amide bonds. The molecule has 1 saturated carbocycles. The second-order valence-electron chi connectivity index (χ2n) is 8.03. The lowest BCUT2D eigenvalue weighted by atomic mass is 10.1. The number of morpholine rings is 1. The largest absolute Gasteiger partial charge is 0.459 e. The molecular weight excluding hydrogens is 401 g/mol. The van der Waals surface area contributed by atoms with Gasteiger partial charge in [-0.3, -0.25) is 4.79 Å². The molecule has 1 aliphatic heterocycles. The average molecular weight is 425 g/mol. The third kappa shape index (κ3) is 4.34. The van der Waals surface area contributed by atoms with Crippen molar-refractivity contribution < 1.29 is 22.9 Å². The minimum atomic E-state index is -0.314. The molecule has 0 N–H and O–H groups in total. The zero-order chi connectivity index (χ0) is 21.2. The monoisotopic (exact) mass is 425 g/mol. The van der Waals surface area contributed by atoms with E-state index >= 15 is 0 Å². The van der Waals surface area contributed by atoms with Crippen molar-refractivity contribution in [3.05, 3.63) is 59.8 Å². The van der Waals surface area contributed by atoms with E-state index < -0.39 is 0 Å². The van der Waals surface area contributed by atoms with Crippen molar-refractivity contribution >= 4 is 11.8 Å². The highest BCUT2D eigenvalue weighted by atomic mass is 19.1. The highest BCUT2D eigenvalue weighted by molar-refractivity contribution is 5.91. The minimum absolute atomic E-state index is 0.156. The van der Waals surface area contributed by atoms with E-state index in [1.807, 2.05) is 0 Å². The average Bonchev–Trinajstić information content (AvgIpc) is 3.27. The fourth-order valence-corrected chi connectivity index (χ4v) is 3.87. The lowest BCUT2D eigenvalue weighted by Crippen LogP contribution is -2.37. The fraction of sp³-hybridized carbons (Fsp3) is 0.391. The van der Waals surface area contributed by atoms with Gasteiger partial charge in [-0.1, -0.05) is 5.16 Å². The Kier molecular flexibility index (Phi) is 5.46. The smallest absolute Gasteiger partial charge is 0.289 e. The maximum absolute atomic E-state index is 13.5. The number of rotatable bonds is 7. The van der Waals surface area contributed by atoms with Crippen molar-refractivity contribution in [3.8, 4) is 11.3 Å². The summed E-state index contributed by atoms with van der Waals surface area (Å²) in [6.45, 7) is 3.54. The van der Waals surface area contributed by atoms with E-state index in [-0.39, 0.29) is 11.7 Å². The number of anilines is 1. The summed E-state index contributed by atoms with van der Waals surface area (Å²) >= 11 is 0. The van der Waals surface area contributed by atoms with Crippen LogP contribution in [0.15, 0.2) is 51.6 Å². The van der Waals surface area contributed by atoms with Gasteiger partial charge in [0.05, 0.1) is 31.6 Å². The van der Waals surface area contributed by atoms with Crippen molar-refractivity contribution in [1.82, 2.24) is 10.1 Å². The Labute approximate surface area is 179 Å². The Bertz CT molecular complexity index is 1020. The lowest BCUT2D eigenvalue weighted by molar-refractivity contribution is 0.0702. The Hall–Kier alpha value is -3.13. The van der Waals surface area contributed by atoms with Crippen LogP contribution in [-0.4, -0.2) is 48.8 Å². The number of hydrogen-bond acceptors (Lipinski definition) is 6. The summed E-state index contributed by atoms with van der Waals surface area (Å²) in [5.74, 6) is 0.977. The number of nitrogens with zero attached hydrogens (tertiary/aromatic N) is 3. The quantitative estimate of drug-likeness (QED) is 0.571. The van der Waals surface area contributed by atoms with Crippen LogP contribution < -0.4 is 4.90 Å². The van der Waals surface area contributed by atoms with Gasteiger partial charge in [-0.05, 0) is 55.2 Å². The van der Waals surface area contributed by atoms with Crippen molar-refractivity contribution in [3.63, 3.8) is 0 Å². The van der Waals surface area contributed by atoms with E-state index in [1.54, 1.807) is 29.2 Å². The molecule has 3 aromatic rings. The fourth-order valence-electron chi connectivity index (χ4n) is 3.87. The molecule has 8 heteroatoms. The van der Waals surface area contributed by atoms with Gasteiger partial charge in [0.2, 0.25) is 5.88 Å². The van der Waals surface area contributed by atoms with Gasteiger partial charge in [-0.25, -0.2) is 4.39 Å². The van der Waals surface area contributed by atoms with Crippen LogP contribution >= 0.6 is 0 Å². The molecule has 0 atom stereocenters. The Morgan fingerprint density at radius 1 is 1.16 bits per heavy atom. The van der Waals surface area contributed by atoms with Crippen LogP contribution in [-0.2, 0) is 11.3 Å². The van der Waals surface area contributed by atoms with Crippen LogP contribution in [0.1, 0.15) is 29.0 Å². The molecule has 0 radical (unpaired) electrons. The normalized spacial score (nSPS) is 16.5. The molecule has 1 saturated heterocycles. The lowest BCUT2D eigenvalue weighted by Gasteiger charge is -2.28. The van der Waals surface area contributed by atoms with Gasteiger partial charge in [0.15, 0.2) is 5.76 Å². The zero-order valence-corrected chi connectivity index (χ0v) is 17.1.